The molecule has 3 atom stereocenters. The maximum Gasteiger partial charge on any atom is 0.243 e. The first-order valence-corrected chi connectivity index (χ1v) is 15.9. The molecule has 4 N–H and O–H groups in total. The SMILES string of the molecule is Cn1ccnc1SC[C@H]1C[C@@H](c2ccc(CO)cc2)O[C@@H](c2cccc(-c3cccc(CNC(=O)CCCC(=O)NO)c3)c2)O1. The molecule has 11 heteroatoms. The van der Waals surface area contributed by atoms with E-state index in [1.165, 1.54) is 0 Å². The van der Waals surface area contributed by atoms with Crippen LogP contribution in [-0.2, 0) is 39.3 Å². The number of carbonyl (C=O) groups is 2. The van der Waals surface area contributed by atoms with Crippen LogP contribution in [0.4, 0.5) is 0 Å². The molecule has 45 heavy (non-hydrogen) atoms. The Labute approximate surface area is 266 Å². The van der Waals surface area contributed by atoms with Crippen LogP contribution < -0.4 is 10.8 Å². The normalized spacial score (nSPS) is 18.0. The van der Waals surface area contributed by atoms with E-state index in [2.05, 4.69) is 16.4 Å². The number of rotatable bonds is 13. The number of hydroxylamine groups is 1. The number of thioether (sulfide) groups is 1. The van der Waals surface area contributed by atoms with E-state index in [9.17, 15) is 14.7 Å². The fourth-order valence-electron chi connectivity index (χ4n) is 5.16. The molecular weight excluding hydrogens is 592 g/mol. The summed E-state index contributed by atoms with van der Waals surface area (Å²) >= 11 is 1.66. The van der Waals surface area contributed by atoms with Gasteiger partial charge in [-0.05, 0) is 46.4 Å². The molecule has 5 rings (SSSR count). The number of nitrogens with zero attached hydrogens (tertiary/aromatic N) is 2. The third-order valence-electron chi connectivity index (χ3n) is 7.63. The number of amides is 2. The summed E-state index contributed by atoms with van der Waals surface area (Å²) in [5.74, 6) is 0.0570. The van der Waals surface area contributed by atoms with Crippen LogP contribution >= 0.6 is 11.8 Å². The number of imidazole rings is 1. The lowest BCUT2D eigenvalue weighted by molar-refractivity contribution is -0.245. The lowest BCUT2D eigenvalue weighted by Crippen LogP contribution is -2.31. The number of aliphatic hydroxyl groups is 1. The van der Waals surface area contributed by atoms with Crippen LogP contribution in [0.5, 0.6) is 0 Å². The minimum Gasteiger partial charge on any atom is -0.392 e. The monoisotopic (exact) mass is 630 g/mol. The van der Waals surface area contributed by atoms with Gasteiger partial charge in [0.1, 0.15) is 0 Å². The Morgan fingerprint density at radius 3 is 2.44 bits per heavy atom. The van der Waals surface area contributed by atoms with Crippen molar-refractivity contribution in [3.05, 3.63) is 107 Å². The van der Waals surface area contributed by atoms with Gasteiger partial charge in [-0.25, -0.2) is 10.5 Å². The second kappa shape index (κ2) is 15.8. The maximum atomic E-state index is 12.2. The molecule has 0 bridgehead atoms. The molecule has 10 nitrogen and oxygen atoms in total. The molecule has 2 amide bonds. The van der Waals surface area contributed by atoms with E-state index in [1.54, 1.807) is 23.4 Å². The average Bonchev–Trinajstić information content (AvgIpc) is 3.50. The Bertz CT molecular complexity index is 1580. The van der Waals surface area contributed by atoms with Crippen LogP contribution in [0.1, 0.15) is 60.3 Å². The number of benzene rings is 3. The zero-order valence-corrected chi connectivity index (χ0v) is 25.9. The summed E-state index contributed by atoms with van der Waals surface area (Å²) in [6.07, 6.45) is 4.20. The van der Waals surface area contributed by atoms with Crippen molar-refractivity contribution in [3.63, 3.8) is 0 Å². The average molecular weight is 631 g/mol. The Morgan fingerprint density at radius 2 is 1.71 bits per heavy atom. The van der Waals surface area contributed by atoms with Gasteiger partial charge in [0.2, 0.25) is 11.8 Å². The van der Waals surface area contributed by atoms with Gasteiger partial charge in [-0.3, -0.25) is 14.8 Å². The molecule has 0 radical (unpaired) electrons. The van der Waals surface area contributed by atoms with Gasteiger partial charge in [-0.15, -0.1) is 0 Å². The number of hydrogen-bond acceptors (Lipinski definition) is 8. The van der Waals surface area contributed by atoms with Gasteiger partial charge in [0.05, 0.1) is 18.8 Å². The highest BCUT2D eigenvalue weighted by Crippen LogP contribution is 2.40. The number of aromatic nitrogens is 2. The number of nitrogens with one attached hydrogen (secondary N) is 2. The molecule has 0 saturated carbocycles. The van der Waals surface area contributed by atoms with Crippen molar-refractivity contribution in [2.24, 2.45) is 7.05 Å². The molecule has 1 fully saturated rings. The Hall–Kier alpha value is -4.00. The predicted octanol–water partition coefficient (Wildman–Crippen LogP) is 5.21. The van der Waals surface area contributed by atoms with Gasteiger partial charge in [0, 0.05) is 56.6 Å². The first kappa shape index (κ1) is 32.4. The van der Waals surface area contributed by atoms with Crippen molar-refractivity contribution in [2.75, 3.05) is 5.75 Å². The number of ether oxygens (including phenoxy) is 2. The Morgan fingerprint density at radius 1 is 0.956 bits per heavy atom. The number of hydrogen-bond donors (Lipinski definition) is 4. The summed E-state index contributed by atoms with van der Waals surface area (Å²) in [6.45, 7) is 0.353. The topological polar surface area (TPSA) is 135 Å². The summed E-state index contributed by atoms with van der Waals surface area (Å²) in [5, 5.41) is 21.9. The van der Waals surface area contributed by atoms with Crippen LogP contribution in [0.3, 0.4) is 0 Å². The van der Waals surface area contributed by atoms with Gasteiger partial charge in [0.15, 0.2) is 11.4 Å². The predicted molar refractivity (Wildman–Crippen MR) is 170 cm³/mol. The van der Waals surface area contributed by atoms with Crippen LogP contribution in [0.15, 0.2) is 90.3 Å². The highest BCUT2D eigenvalue weighted by molar-refractivity contribution is 7.99. The smallest absolute Gasteiger partial charge is 0.243 e. The summed E-state index contributed by atoms with van der Waals surface area (Å²) in [4.78, 5) is 27.8. The number of aliphatic hydroxyl groups excluding tert-OH is 1. The molecule has 3 aromatic carbocycles. The zero-order chi connectivity index (χ0) is 31.6. The first-order chi connectivity index (χ1) is 21.9. The number of carbonyl (C=O) groups excluding carboxylic acids is 2. The minimum absolute atomic E-state index is 0.00760. The van der Waals surface area contributed by atoms with Crippen LogP contribution in [0.25, 0.3) is 11.1 Å². The molecule has 1 aromatic heterocycles. The standard InChI is InChI=1S/C34H38N4O6S/c1-38-16-15-35-34(38)45-22-29-19-30(25-13-11-23(21-39)12-14-25)44-33(43-29)28-8-3-7-27(18-28)26-6-2-5-24(17-26)20-36-31(40)9-4-10-32(41)37-42/h2-3,5-8,11-18,29-30,33,39,42H,4,9-10,19-22H2,1H3,(H,36,40)(H,37,41)/t29-,30+,33+/m1/s1. The van der Waals surface area contributed by atoms with Crippen molar-refractivity contribution in [1.82, 2.24) is 20.3 Å². The van der Waals surface area contributed by atoms with Gasteiger partial charge >= 0.3 is 0 Å². The minimum atomic E-state index is -0.580. The molecule has 0 spiro atoms. The lowest BCUT2D eigenvalue weighted by Gasteiger charge is -2.36. The molecule has 1 aliphatic heterocycles. The number of aryl methyl sites for hydroxylation is 1. The van der Waals surface area contributed by atoms with Gasteiger partial charge in [0.25, 0.3) is 0 Å². The molecule has 0 unspecified atom stereocenters. The fraction of sp³-hybridized carbons (Fsp3) is 0.324. The summed E-state index contributed by atoms with van der Waals surface area (Å²) in [6, 6.07) is 24.0. The van der Waals surface area contributed by atoms with Crippen molar-refractivity contribution >= 4 is 23.6 Å². The van der Waals surface area contributed by atoms with Crippen molar-refractivity contribution in [1.29, 1.82) is 0 Å². The summed E-state index contributed by atoms with van der Waals surface area (Å²) in [7, 11) is 1.98. The van der Waals surface area contributed by atoms with E-state index in [1.807, 2.05) is 84.5 Å². The first-order valence-electron chi connectivity index (χ1n) is 14.9. The van der Waals surface area contributed by atoms with E-state index in [0.29, 0.717) is 19.4 Å². The molecule has 236 valence electrons. The quantitative estimate of drug-likeness (QED) is 0.0899. The Balaban J connectivity index is 1.29. The Kier molecular flexibility index (Phi) is 11.4. The molecule has 1 aliphatic rings. The molecular formula is C34H38N4O6S. The van der Waals surface area contributed by atoms with E-state index in [4.69, 9.17) is 14.7 Å². The fourth-order valence-corrected chi connectivity index (χ4v) is 6.11. The third kappa shape index (κ3) is 9.03. The molecule has 1 saturated heterocycles. The second-order valence-electron chi connectivity index (χ2n) is 11.0. The van der Waals surface area contributed by atoms with E-state index in [0.717, 1.165) is 44.3 Å². The third-order valence-corrected chi connectivity index (χ3v) is 8.82. The molecule has 0 aliphatic carbocycles. The highest BCUT2D eigenvalue weighted by atomic mass is 32.2. The highest BCUT2D eigenvalue weighted by Gasteiger charge is 2.32. The van der Waals surface area contributed by atoms with E-state index in [-0.39, 0.29) is 37.6 Å². The van der Waals surface area contributed by atoms with E-state index >= 15 is 0 Å². The zero-order valence-electron chi connectivity index (χ0n) is 25.1. The lowest BCUT2D eigenvalue weighted by atomic mass is 9.99. The summed E-state index contributed by atoms with van der Waals surface area (Å²) < 4.78 is 15.1. The largest absolute Gasteiger partial charge is 0.392 e. The van der Waals surface area contributed by atoms with Crippen molar-refractivity contribution < 1.29 is 29.4 Å². The van der Waals surface area contributed by atoms with Gasteiger partial charge < -0.3 is 24.5 Å². The second-order valence-corrected chi connectivity index (χ2v) is 12.0. The van der Waals surface area contributed by atoms with Crippen LogP contribution in [-0.4, -0.2) is 43.5 Å². The van der Waals surface area contributed by atoms with Crippen LogP contribution in [0.2, 0.25) is 0 Å². The maximum absolute atomic E-state index is 12.2. The molecule has 2 heterocycles. The van der Waals surface area contributed by atoms with Crippen molar-refractivity contribution in [3.8, 4) is 11.1 Å². The molecule has 4 aromatic rings. The van der Waals surface area contributed by atoms with Gasteiger partial charge in [-0.1, -0.05) is 72.4 Å². The van der Waals surface area contributed by atoms with Crippen LogP contribution in [0, 0.1) is 0 Å². The van der Waals surface area contributed by atoms with Crippen molar-refractivity contribution in [2.45, 2.75) is 62.5 Å². The van der Waals surface area contributed by atoms with E-state index < -0.39 is 12.2 Å². The van der Waals surface area contributed by atoms with Gasteiger partial charge in [-0.2, -0.15) is 0 Å². The summed E-state index contributed by atoms with van der Waals surface area (Å²) in [5.41, 5.74) is 7.31.